The zero-order valence-electron chi connectivity index (χ0n) is 7.67. The molecule has 2 N–H and O–H groups in total. The van der Waals surface area contributed by atoms with Crippen LogP contribution in [0.2, 0.25) is 0 Å². The normalized spacial score (nSPS) is 13.9. The molecule has 0 aliphatic rings. The molecule has 3 nitrogen and oxygen atoms in total. The number of hydrogen-bond acceptors (Lipinski definition) is 3. The van der Waals surface area contributed by atoms with Gasteiger partial charge in [-0.15, -0.1) is 0 Å². The van der Waals surface area contributed by atoms with Crippen molar-refractivity contribution in [3.8, 4) is 0 Å². The highest BCUT2D eigenvalue weighted by Crippen LogP contribution is 2.02. The van der Waals surface area contributed by atoms with E-state index in [0.29, 0.717) is 13.2 Å². The molecule has 0 aliphatic heterocycles. The van der Waals surface area contributed by atoms with Gasteiger partial charge in [0.05, 0.1) is 0 Å². The molecule has 0 aromatic carbocycles. The summed E-state index contributed by atoms with van der Waals surface area (Å²) in [5.41, 5.74) is 5.59. The van der Waals surface area contributed by atoms with Gasteiger partial charge in [-0.2, -0.15) is 0 Å². The molecule has 0 aromatic heterocycles. The van der Waals surface area contributed by atoms with E-state index in [1.807, 2.05) is 20.8 Å². The highest BCUT2D eigenvalue weighted by atomic mass is 16.7. The van der Waals surface area contributed by atoms with Crippen LogP contribution < -0.4 is 5.73 Å². The van der Waals surface area contributed by atoms with Gasteiger partial charge in [0.15, 0.2) is 6.29 Å². The van der Waals surface area contributed by atoms with Crippen LogP contribution >= 0.6 is 0 Å². The topological polar surface area (TPSA) is 44.5 Å². The third-order valence-electron chi connectivity index (χ3n) is 1.27. The van der Waals surface area contributed by atoms with Gasteiger partial charge in [0.25, 0.3) is 0 Å². The second-order valence-electron chi connectivity index (χ2n) is 2.55. The predicted molar refractivity (Wildman–Crippen MR) is 45.3 cm³/mol. The maximum Gasteiger partial charge on any atom is 0.159 e. The average Bonchev–Trinajstić information content (AvgIpc) is 1.87. The first-order chi connectivity index (χ1) is 5.20. The van der Waals surface area contributed by atoms with Crippen LogP contribution in [0.15, 0.2) is 0 Å². The van der Waals surface area contributed by atoms with Crippen molar-refractivity contribution < 1.29 is 9.47 Å². The first kappa shape index (κ1) is 10.9. The van der Waals surface area contributed by atoms with E-state index in [2.05, 4.69) is 0 Å². The Hall–Kier alpha value is -0.120. The van der Waals surface area contributed by atoms with Crippen LogP contribution in [-0.4, -0.2) is 25.5 Å². The quantitative estimate of drug-likeness (QED) is 0.594. The fourth-order valence-electron chi connectivity index (χ4n) is 0.860. The van der Waals surface area contributed by atoms with Crippen LogP contribution in [-0.2, 0) is 9.47 Å². The first-order valence-corrected chi connectivity index (χ1v) is 4.19. The molecule has 1 atom stereocenters. The van der Waals surface area contributed by atoms with E-state index in [0.717, 1.165) is 6.42 Å². The van der Waals surface area contributed by atoms with Crippen molar-refractivity contribution in [2.45, 2.75) is 39.5 Å². The zero-order valence-corrected chi connectivity index (χ0v) is 7.67. The third-order valence-corrected chi connectivity index (χ3v) is 1.27. The lowest BCUT2D eigenvalue weighted by Crippen LogP contribution is -2.27. The molecule has 0 aliphatic carbocycles. The average molecular weight is 161 g/mol. The maximum absolute atomic E-state index is 5.59. The largest absolute Gasteiger partial charge is 0.353 e. The minimum Gasteiger partial charge on any atom is -0.353 e. The third kappa shape index (κ3) is 6.28. The summed E-state index contributed by atoms with van der Waals surface area (Å²) in [4.78, 5) is 0. The lowest BCUT2D eigenvalue weighted by atomic mass is 10.2. The van der Waals surface area contributed by atoms with Crippen LogP contribution in [0.1, 0.15) is 27.2 Å². The van der Waals surface area contributed by atoms with Crippen molar-refractivity contribution in [2.24, 2.45) is 5.73 Å². The van der Waals surface area contributed by atoms with Gasteiger partial charge in [-0.25, -0.2) is 0 Å². The highest BCUT2D eigenvalue weighted by Gasteiger charge is 2.09. The minimum absolute atomic E-state index is 0.120. The molecular weight excluding hydrogens is 142 g/mol. The molecule has 0 saturated carbocycles. The van der Waals surface area contributed by atoms with Crippen LogP contribution in [0.5, 0.6) is 0 Å². The van der Waals surface area contributed by atoms with Crippen LogP contribution in [0.25, 0.3) is 0 Å². The molecule has 0 rings (SSSR count). The highest BCUT2D eigenvalue weighted by molar-refractivity contribution is 4.55. The monoisotopic (exact) mass is 161 g/mol. The Balaban J connectivity index is 3.50. The second-order valence-corrected chi connectivity index (χ2v) is 2.55. The number of ether oxygens (including phenoxy) is 2. The fraction of sp³-hybridized carbons (Fsp3) is 1.00. The van der Waals surface area contributed by atoms with Gasteiger partial charge in [0.2, 0.25) is 0 Å². The van der Waals surface area contributed by atoms with E-state index in [1.165, 1.54) is 0 Å². The van der Waals surface area contributed by atoms with E-state index < -0.39 is 0 Å². The molecule has 0 radical (unpaired) electrons. The van der Waals surface area contributed by atoms with Gasteiger partial charge in [-0.05, 0) is 20.8 Å². The summed E-state index contributed by atoms with van der Waals surface area (Å²) in [7, 11) is 0. The van der Waals surface area contributed by atoms with Crippen molar-refractivity contribution in [3.05, 3.63) is 0 Å². The molecule has 0 saturated heterocycles. The Morgan fingerprint density at radius 2 is 1.64 bits per heavy atom. The smallest absolute Gasteiger partial charge is 0.159 e. The number of nitrogens with two attached hydrogens (primary N) is 1. The van der Waals surface area contributed by atoms with E-state index in [1.54, 1.807) is 0 Å². The molecule has 68 valence electrons. The summed E-state index contributed by atoms with van der Waals surface area (Å²) < 4.78 is 10.6. The second kappa shape index (κ2) is 6.58. The fourth-order valence-corrected chi connectivity index (χ4v) is 0.860. The lowest BCUT2D eigenvalue weighted by molar-refractivity contribution is -0.141. The van der Waals surface area contributed by atoms with E-state index >= 15 is 0 Å². The summed E-state index contributed by atoms with van der Waals surface area (Å²) in [6.07, 6.45) is 0.645. The summed E-state index contributed by atoms with van der Waals surface area (Å²) >= 11 is 0. The molecule has 11 heavy (non-hydrogen) atoms. The van der Waals surface area contributed by atoms with Gasteiger partial charge in [-0.3, -0.25) is 0 Å². The Kier molecular flexibility index (Phi) is 6.51. The van der Waals surface area contributed by atoms with Crippen molar-refractivity contribution >= 4 is 0 Å². The van der Waals surface area contributed by atoms with Crippen LogP contribution in [0, 0.1) is 0 Å². The summed E-state index contributed by atoms with van der Waals surface area (Å²) in [6, 6.07) is 0.137. The summed E-state index contributed by atoms with van der Waals surface area (Å²) in [5.74, 6) is 0. The Labute approximate surface area is 68.9 Å². The van der Waals surface area contributed by atoms with E-state index in [4.69, 9.17) is 15.2 Å². The van der Waals surface area contributed by atoms with Gasteiger partial charge in [0, 0.05) is 25.7 Å². The SMILES string of the molecule is CCOC(C[C@@H](C)N)OCC. The van der Waals surface area contributed by atoms with Gasteiger partial charge in [0.1, 0.15) is 0 Å². The standard InChI is InChI=1S/C8H19NO2/c1-4-10-8(11-5-2)6-7(3)9/h7-8H,4-6,9H2,1-3H3/t7-/m1/s1. The summed E-state index contributed by atoms with van der Waals surface area (Å²) in [5, 5.41) is 0. The van der Waals surface area contributed by atoms with Crippen LogP contribution in [0.3, 0.4) is 0 Å². The molecule has 0 spiro atoms. The molecule has 0 fully saturated rings. The molecule has 3 heteroatoms. The molecule has 0 unspecified atom stereocenters. The zero-order chi connectivity index (χ0) is 8.69. The van der Waals surface area contributed by atoms with Crippen molar-refractivity contribution in [1.82, 2.24) is 0 Å². The Bertz CT molecular complexity index is 80.2. The first-order valence-electron chi connectivity index (χ1n) is 4.19. The predicted octanol–water partition coefficient (Wildman–Crippen LogP) is 1.12. The minimum atomic E-state index is -0.120. The van der Waals surface area contributed by atoms with Crippen LogP contribution in [0.4, 0.5) is 0 Å². The number of rotatable bonds is 6. The lowest BCUT2D eigenvalue weighted by Gasteiger charge is -2.18. The van der Waals surface area contributed by atoms with Crippen molar-refractivity contribution in [1.29, 1.82) is 0 Å². The number of hydrogen-bond donors (Lipinski definition) is 1. The molecular formula is C8H19NO2. The molecule has 0 bridgehead atoms. The van der Waals surface area contributed by atoms with E-state index in [9.17, 15) is 0 Å². The Morgan fingerprint density at radius 1 is 1.18 bits per heavy atom. The van der Waals surface area contributed by atoms with Crippen molar-refractivity contribution in [2.75, 3.05) is 13.2 Å². The molecule has 0 aromatic rings. The van der Waals surface area contributed by atoms with Crippen molar-refractivity contribution in [3.63, 3.8) is 0 Å². The van der Waals surface area contributed by atoms with E-state index in [-0.39, 0.29) is 12.3 Å². The molecule has 0 amide bonds. The Morgan fingerprint density at radius 3 is 1.91 bits per heavy atom. The van der Waals surface area contributed by atoms with Gasteiger partial charge in [-0.1, -0.05) is 0 Å². The maximum atomic E-state index is 5.59. The van der Waals surface area contributed by atoms with Gasteiger partial charge < -0.3 is 15.2 Å². The van der Waals surface area contributed by atoms with Gasteiger partial charge >= 0.3 is 0 Å². The summed E-state index contributed by atoms with van der Waals surface area (Å²) in [6.45, 7) is 7.21. The molecule has 0 heterocycles.